The first-order chi connectivity index (χ1) is 14.5. The summed E-state index contributed by atoms with van der Waals surface area (Å²) in [4.78, 5) is 35.6. The number of aliphatic carboxylic acids is 1. The molecule has 7 heteroatoms. The van der Waals surface area contributed by atoms with Gasteiger partial charge in [0.1, 0.15) is 11.4 Å². The van der Waals surface area contributed by atoms with Crippen molar-refractivity contribution in [2.75, 3.05) is 13.7 Å². The van der Waals surface area contributed by atoms with E-state index in [1.807, 2.05) is 0 Å². The van der Waals surface area contributed by atoms with Crippen LogP contribution >= 0.6 is 0 Å². The second-order valence-corrected chi connectivity index (χ2v) is 6.59. The van der Waals surface area contributed by atoms with E-state index in [-0.39, 0.29) is 18.0 Å². The molecule has 0 spiro atoms. The van der Waals surface area contributed by atoms with Crippen molar-refractivity contribution in [3.8, 4) is 5.75 Å². The quantitative estimate of drug-likeness (QED) is 0.435. The minimum Gasteiger partial charge on any atom is -0.550 e. The molecule has 0 fully saturated rings. The van der Waals surface area contributed by atoms with Crippen molar-refractivity contribution in [1.82, 2.24) is 10.6 Å². The van der Waals surface area contributed by atoms with E-state index in [9.17, 15) is 19.5 Å². The van der Waals surface area contributed by atoms with Gasteiger partial charge in [-0.25, -0.2) is 0 Å². The molecule has 2 rings (SSSR count). The summed E-state index contributed by atoms with van der Waals surface area (Å²) in [5.41, 5.74) is 1.28. The normalized spacial score (nSPS) is 10.9. The fraction of sp³-hybridized carbons (Fsp3) is 0.261. The summed E-state index contributed by atoms with van der Waals surface area (Å²) in [7, 11) is 1.57. The van der Waals surface area contributed by atoms with E-state index in [0.717, 1.165) is 5.56 Å². The zero-order valence-electron chi connectivity index (χ0n) is 16.9. The van der Waals surface area contributed by atoms with Crippen LogP contribution in [-0.4, -0.2) is 31.4 Å². The smallest absolute Gasteiger partial charge is 0.267 e. The standard InChI is InChI=1S/C23H26N2O5/c1-30-19-13-11-17(12-14-19)16-20(25-22(28)18-8-4-2-5-9-18)23(29)24-15-7-3-6-10-21(26)27/h2,4-5,8-9,11-14,16H,3,6-7,10,15H2,1H3,(H,24,29)(H,25,28)(H,26,27)/p-1/b20-16+. The number of carboxylic acid groups (broad SMARTS) is 1. The maximum Gasteiger partial charge on any atom is 0.267 e. The lowest BCUT2D eigenvalue weighted by molar-refractivity contribution is -0.305. The number of ether oxygens (including phenoxy) is 1. The van der Waals surface area contributed by atoms with Crippen LogP contribution in [0.1, 0.15) is 41.6 Å². The molecule has 0 saturated heterocycles. The van der Waals surface area contributed by atoms with Crippen molar-refractivity contribution in [2.45, 2.75) is 25.7 Å². The van der Waals surface area contributed by atoms with Crippen LogP contribution in [-0.2, 0) is 9.59 Å². The van der Waals surface area contributed by atoms with Crippen LogP contribution in [0, 0.1) is 0 Å². The Morgan fingerprint density at radius 3 is 2.30 bits per heavy atom. The highest BCUT2D eigenvalue weighted by molar-refractivity contribution is 6.05. The van der Waals surface area contributed by atoms with Crippen LogP contribution in [0.5, 0.6) is 5.75 Å². The van der Waals surface area contributed by atoms with Crippen LogP contribution in [0.15, 0.2) is 60.3 Å². The third-order valence-electron chi connectivity index (χ3n) is 4.30. The van der Waals surface area contributed by atoms with Gasteiger partial charge < -0.3 is 25.3 Å². The summed E-state index contributed by atoms with van der Waals surface area (Å²) in [6.45, 7) is 0.368. The molecule has 0 aromatic heterocycles. The zero-order chi connectivity index (χ0) is 21.8. The molecule has 2 amide bonds. The summed E-state index contributed by atoms with van der Waals surface area (Å²) < 4.78 is 5.13. The van der Waals surface area contributed by atoms with Gasteiger partial charge in [-0.3, -0.25) is 9.59 Å². The molecule has 0 heterocycles. The molecule has 0 unspecified atom stereocenters. The number of unbranched alkanes of at least 4 members (excludes halogenated alkanes) is 2. The van der Waals surface area contributed by atoms with Crippen molar-refractivity contribution in [3.63, 3.8) is 0 Å². The monoisotopic (exact) mass is 409 g/mol. The molecule has 0 saturated carbocycles. The van der Waals surface area contributed by atoms with Crippen LogP contribution in [0.2, 0.25) is 0 Å². The number of hydrogen-bond donors (Lipinski definition) is 2. The Hall–Kier alpha value is -3.61. The molecule has 2 aromatic rings. The largest absolute Gasteiger partial charge is 0.550 e. The molecular weight excluding hydrogens is 384 g/mol. The molecule has 0 aliphatic heterocycles. The number of amides is 2. The highest BCUT2D eigenvalue weighted by Crippen LogP contribution is 2.14. The number of carbonyl (C=O) groups excluding carboxylic acids is 3. The SMILES string of the molecule is COc1ccc(/C=C(/NC(=O)c2ccccc2)C(=O)NCCCCCC(=O)[O-])cc1. The fourth-order valence-electron chi connectivity index (χ4n) is 2.68. The summed E-state index contributed by atoms with van der Waals surface area (Å²) >= 11 is 0. The van der Waals surface area contributed by atoms with E-state index in [1.165, 1.54) is 0 Å². The van der Waals surface area contributed by atoms with E-state index in [2.05, 4.69) is 10.6 Å². The summed E-state index contributed by atoms with van der Waals surface area (Å²) in [6, 6.07) is 15.7. The van der Waals surface area contributed by atoms with Crippen LogP contribution in [0.4, 0.5) is 0 Å². The van der Waals surface area contributed by atoms with Crippen molar-refractivity contribution >= 4 is 23.9 Å². The Morgan fingerprint density at radius 1 is 0.967 bits per heavy atom. The van der Waals surface area contributed by atoms with Gasteiger partial charge in [-0.05, 0) is 55.2 Å². The van der Waals surface area contributed by atoms with Gasteiger partial charge in [-0.15, -0.1) is 0 Å². The lowest BCUT2D eigenvalue weighted by Gasteiger charge is -2.11. The third-order valence-corrected chi connectivity index (χ3v) is 4.30. The zero-order valence-corrected chi connectivity index (χ0v) is 16.9. The second kappa shape index (κ2) is 12.1. The minimum absolute atomic E-state index is 0.00367. The molecule has 2 N–H and O–H groups in total. The highest BCUT2D eigenvalue weighted by Gasteiger charge is 2.14. The summed E-state index contributed by atoms with van der Waals surface area (Å²) in [5, 5.41) is 15.9. The minimum atomic E-state index is -1.08. The molecule has 0 atom stereocenters. The molecular formula is C23H25N2O5-. The first kappa shape index (κ1) is 22.7. The number of rotatable bonds is 11. The van der Waals surface area contributed by atoms with E-state index < -0.39 is 11.9 Å². The van der Waals surface area contributed by atoms with Gasteiger partial charge in [0.05, 0.1) is 7.11 Å². The first-order valence-corrected chi connectivity index (χ1v) is 9.70. The predicted molar refractivity (Wildman–Crippen MR) is 111 cm³/mol. The van der Waals surface area contributed by atoms with Crippen molar-refractivity contribution in [1.29, 1.82) is 0 Å². The van der Waals surface area contributed by atoms with Gasteiger partial charge in [-0.2, -0.15) is 0 Å². The van der Waals surface area contributed by atoms with E-state index in [4.69, 9.17) is 4.74 Å². The van der Waals surface area contributed by atoms with Gasteiger partial charge >= 0.3 is 0 Å². The van der Waals surface area contributed by atoms with Crippen LogP contribution in [0.25, 0.3) is 6.08 Å². The van der Waals surface area contributed by atoms with E-state index >= 15 is 0 Å². The Morgan fingerprint density at radius 2 is 1.67 bits per heavy atom. The first-order valence-electron chi connectivity index (χ1n) is 9.70. The molecule has 2 aromatic carbocycles. The molecule has 0 bridgehead atoms. The summed E-state index contributed by atoms with van der Waals surface area (Å²) in [5.74, 6) is -1.20. The molecule has 0 aliphatic rings. The Bertz CT molecular complexity index is 876. The number of nitrogens with one attached hydrogen (secondary N) is 2. The highest BCUT2D eigenvalue weighted by atomic mass is 16.5. The van der Waals surface area contributed by atoms with Crippen molar-refractivity contribution in [2.24, 2.45) is 0 Å². The maximum atomic E-state index is 12.7. The van der Waals surface area contributed by atoms with Crippen LogP contribution < -0.4 is 20.5 Å². The Balaban J connectivity index is 2.05. The Labute approximate surface area is 175 Å². The predicted octanol–water partition coefficient (Wildman–Crippen LogP) is 1.89. The molecule has 7 nitrogen and oxygen atoms in total. The third kappa shape index (κ3) is 7.79. The molecule has 158 valence electrons. The molecule has 0 aliphatic carbocycles. The topological polar surface area (TPSA) is 108 Å². The maximum absolute atomic E-state index is 12.7. The lowest BCUT2D eigenvalue weighted by Crippen LogP contribution is -2.35. The second-order valence-electron chi connectivity index (χ2n) is 6.59. The number of hydrogen-bond acceptors (Lipinski definition) is 5. The number of methoxy groups -OCH3 is 1. The van der Waals surface area contributed by atoms with Gasteiger partial charge in [0.15, 0.2) is 0 Å². The fourth-order valence-corrected chi connectivity index (χ4v) is 2.68. The van der Waals surface area contributed by atoms with Crippen molar-refractivity contribution < 1.29 is 24.2 Å². The van der Waals surface area contributed by atoms with Gasteiger partial charge in [-0.1, -0.05) is 36.8 Å². The molecule has 30 heavy (non-hydrogen) atoms. The number of carbonyl (C=O) groups is 3. The average Bonchev–Trinajstić information content (AvgIpc) is 2.76. The van der Waals surface area contributed by atoms with Gasteiger partial charge in [0, 0.05) is 18.1 Å². The van der Waals surface area contributed by atoms with Gasteiger partial charge in [0.2, 0.25) is 0 Å². The van der Waals surface area contributed by atoms with E-state index in [1.54, 1.807) is 67.8 Å². The molecule has 0 radical (unpaired) electrons. The number of carboxylic acids is 1. The van der Waals surface area contributed by atoms with Gasteiger partial charge in [0.25, 0.3) is 11.8 Å². The summed E-state index contributed by atoms with van der Waals surface area (Å²) in [6.07, 6.45) is 3.37. The Kier molecular flexibility index (Phi) is 9.12. The lowest BCUT2D eigenvalue weighted by atomic mass is 10.1. The van der Waals surface area contributed by atoms with Crippen molar-refractivity contribution in [3.05, 3.63) is 71.4 Å². The number of benzene rings is 2. The average molecular weight is 409 g/mol. The van der Waals surface area contributed by atoms with E-state index in [0.29, 0.717) is 37.1 Å². The van der Waals surface area contributed by atoms with Crippen LogP contribution in [0.3, 0.4) is 0 Å².